The molecule has 2 amide bonds. The minimum Gasteiger partial charge on any atom is -0.326 e. The Bertz CT molecular complexity index is 926. The average molecular weight is 364 g/mol. The third kappa shape index (κ3) is 3.05. The first-order chi connectivity index (χ1) is 12.9. The summed E-state index contributed by atoms with van der Waals surface area (Å²) in [5, 5.41) is 12.8. The Morgan fingerprint density at radius 2 is 2.04 bits per heavy atom. The third-order valence-electron chi connectivity index (χ3n) is 5.94. The first kappa shape index (κ1) is 17.5. The molecule has 1 aromatic carbocycles. The van der Waals surface area contributed by atoms with Crippen LogP contribution in [0.25, 0.3) is 0 Å². The molecule has 27 heavy (non-hydrogen) atoms. The summed E-state index contributed by atoms with van der Waals surface area (Å²) >= 11 is 0. The quantitative estimate of drug-likeness (QED) is 0.721. The van der Waals surface area contributed by atoms with E-state index < -0.39 is 0 Å². The van der Waals surface area contributed by atoms with Crippen LogP contribution in [0.2, 0.25) is 0 Å². The van der Waals surface area contributed by atoms with Crippen LogP contribution in [0.1, 0.15) is 41.5 Å². The maximum absolute atomic E-state index is 12.9. The summed E-state index contributed by atoms with van der Waals surface area (Å²) in [7, 11) is 0. The number of aryl methyl sites for hydroxylation is 2. The number of allylic oxidation sites excluding steroid dienone is 2. The number of aromatic nitrogens is 2. The van der Waals surface area contributed by atoms with Gasteiger partial charge in [-0.05, 0) is 56.7 Å². The van der Waals surface area contributed by atoms with Gasteiger partial charge in [0, 0.05) is 11.3 Å². The monoisotopic (exact) mass is 364 g/mol. The molecule has 1 fully saturated rings. The summed E-state index contributed by atoms with van der Waals surface area (Å²) < 4.78 is 0. The molecule has 2 aromatic rings. The van der Waals surface area contributed by atoms with Gasteiger partial charge in [-0.25, -0.2) is 0 Å². The Morgan fingerprint density at radius 3 is 2.67 bits per heavy atom. The van der Waals surface area contributed by atoms with E-state index in [0.717, 1.165) is 24.2 Å². The van der Waals surface area contributed by atoms with Crippen molar-refractivity contribution in [3.8, 4) is 0 Å². The highest BCUT2D eigenvalue weighted by molar-refractivity contribution is 6.06. The van der Waals surface area contributed by atoms with E-state index >= 15 is 0 Å². The Balaban J connectivity index is 1.49. The second-order valence-electron chi connectivity index (χ2n) is 7.91. The first-order valence-corrected chi connectivity index (χ1v) is 9.29. The lowest BCUT2D eigenvalue weighted by molar-refractivity contribution is -0.126. The molecule has 0 aliphatic heterocycles. The molecule has 3 atom stereocenters. The number of fused-ring (bicyclic) bond motifs is 2. The SMILES string of the molecule is Cc1n[nH]c(C)c1NC(=O)c1cccc(NC(=O)C2(C)CC3C=CC2C3)c1. The Labute approximate surface area is 158 Å². The molecule has 3 unspecified atom stereocenters. The molecule has 1 saturated carbocycles. The minimum atomic E-state index is -0.372. The minimum absolute atomic E-state index is 0.0263. The molecule has 140 valence electrons. The van der Waals surface area contributed by atoms with Crippen molar-refractivity contribution in [2.75, 3.05) is 10.6 Å². The number of aromatic amines is 1. The molecule has 2 bridgehead atoms. The van der Waals surface area contributed by atoms with Crippen LogP contribution in [-0.2, 0) is 4.79 Å². The van der Waals surface area contributed by atoms with Crippen LogP contribution in [0.3, 0.4) is 0 Å². The third-order valence-corrected chi connectivity index (χ3v) is 5.94. The summed E-state index contributed by atoms with van der Waals surface area (Å²) in [5.74, 6) is 0.622. The van der Waals surface area contributed by atoms with E-state index in [9.17, 15) is 9.59 Å². The van der Waals surface area contributed by atoms with Gasteiger partial charge < -0.3 is 10.6 Å². The van der Waals surface area contributed by atoms with Crippen molar-refractivity contribution >= 4 is 23.2 Å². The van der Waals surface area contributed by atoms with E-state index in [4.69, 9.17) is 0 Å². The van der Waals surface area contributed by atoms with Crippen LogP contribution in [-0.4, -0.2) is 22.0 Å². The Kier molecular flexibility index (Phi) is 4.13. The van der Waals surface area contributed by atoms with Crippen molar-refractivity contribution < 1.29 is 9.59 Å². The zero-order valence-electron chi connectivity index (χ0n) is 15.8. The van der Waals surface area contributed by atoms with Gasteiger partial charge >= 0.3 is 0 Å². The number of benzene rings is 1. The number of nitrogens with one attached hydrogen (secondary N) is 3. The van der Waals surface area contributed by atoms with Crippen molar-refractivity contribution in [2.24, 2.45) is 17.3 Å². The molecule has 0 spiro atoms. The maximum Gasteiger partial charge on any atom is 0.255 e. The van der Waals surface area contributed by atoms with Crippen molar-refractivity contribution in [3.63, 3.8) is 0 Å². The van der Waals surface area contributed by atoms with E-state index in [2.05, 4.69) is 33.0 Å². The molecule has 0 saturated heterocycles. The summed E-state index contributed by atoms with van der Waals surface area (Å²) in [6, 6.07) is 7.04. The number of carbonyl (C=O) groups is 2. The maximum atomic E-state index is 12.9. The predicted octanol–water partition coefficient (Wildman–Crippen LogP) is 3.82. The zero-order chi connectivity index (χ0) is 19.2. The molecule has 1 heterocycles. The largest absolute Gasteiger partial charge is 0.326 e. The highest BCUT2D eigenvalue weighted by Crippen LogP contribution is 2.52. The molecule has 1 aromatic heterocycles. The summed E-state index contributed by atoms with van der Waals surface area (Å²) in [4.78, 5) is 25.5. The zero-order valence-corrected chi connectivity index (χ0v) is 15.8. The molecule has 3 N–H and O–H groups in total. The molecular weight excluding hydrogens is 340 g/mol. The van der Waals surface area contributed by atoms with Crippen LogP contribution in [0.5, 0.6) is 0 Å². The van der Waals surface area contributed by atoms with Gasteiger partial charge in [-0.15, -0.1) is 0 Å². The molecule has 6 nitrogen and oxygen atoms in total. The van der Waals surface area contributed by atoms with Gasteiger partial charge in [0.15, 0.2) is 0 Å². The van der Waals surface area contributed by atoms with Gasteiger partial charge in [0.2, 0.25) is 5.91 Å². The van der Waals surface area contributed by atoms with Crippen molar-refractivity contribution in [1.82, 2.24) is 10.2 Å². The smallest absolute Gasteiger partial charge is 0.255 e. The number of carbonyl (C=O) groups excluding carboxylic acids is 2. The first-order valence-electron chi connectivity index (χ1n) is 9.29. The number of nitrogens with zero attached hydrogens (tertiary/aromatic N) is 1. The number of hydrogen-bond donors (Lipinski definition) is 3. The number of hydrogen-bond acceptors (Lipinski definition) is 3. The molecular formula is C21H24N4O2. The van der Waals surface area contributed by atoms with E-state index in [1.807, 2.05) is 26.8 Å². The Hall–Kier alpha value is -2.89. The lowest BCUT2D eigenvalue weighted by Crippen LogP contribution is -2.36. The van der Waals surface area contributed by atoms with Gasteiger partial charge in [-0.3, -0.25) is 14.7 Å². The topological polar surface area (TPSA) is 86.9 Å². The molecule has 4 rings (SSSR count). The van der Waals surface area contributed by atoms with Crippen molar-refractivity contribution in [1.29, 1.82) is 0 Å². The fraction of sp³-hybridized carbons (Fsp3) is 0.381. The van der Waals surface area contributed by atoms with Crippen molar-refractivity contribution in [2.45, 2.75) is 33.6 Å². The lowest BCUT2D eigenvalue weighted by Gasteiger charge is -2.29. The lowest BCUT2D eigenvalue weighted by atomic mass is 9.77. The van der Waals surface area contributed by atoms with Crippen LogP contribution in [0.15, 0.2) is 36.4 Å². The Morgan fingerprint density at radius 1 is 1.22 bits per heavy atom. The van der Waals surface area contributed by atoms with Gasteiger partial charge in [-0.1, -0.05) is 25.1 Å². The normalized spacial score (nSPS) is 25.6. The van der Waals surface area contributed by atoms with Gasteiger partial charge in [0.25, 0.3) is 5.91 Å². The molecule has 6 heteroatoms. The van der Waals surface area contributed by atoms with Gasteiger partial charge in [0.05, 0.1) is 22.5 Å². The van der Waals surface area contributed by atoms with E-state index in [1.165, 1.54) is 0 Å². The van der Waals surface area contributed by atoms with Crippen LogP contribution < -0.4 is 10.6 Å². The van der Waals surface area contributed by atoms with E-state index in [1.54, 1.807) is 18.2 Å². The second-order valence-corrected chi connectivity index (χ2v) is 7.91. The van der Waals surface area contributed by atoms with Crippen LogP contribution >= 0.6 is 0 Å². The number of anilines is 2. The van der Waals surface area contributed by atoms with Crippen molar-refractivity contribution in [3.05, 3.63) is 53.4 Å². The highest BCUT2D eigenvalue weighted by atomic mass is 16.2. The number of H-pyrrole nitrogens is 1. The fourth-order valence-corrected chi connectivity index (χ4v) is 4.29. The highest BCUT2D eigenvalue weighted by Gasteiger charge is 2.49. The van der Waals surface area contributed by atoms with E-state index in [0.29, 0.717) is 28.8 Å². The molecule has 0 radical (unpaired) electrons. The van der Waals surface area contributed by atoms with Crippen LogP contribution in [0.4, 0.5) is 11.4 Å². The van der Waals surface area contributed by atoms with Gasteiger partial charge in [0.1, 0.15) is 0 Å². The fourth-order valence-electron chi connectivity index (χ4n) is 4.29. The summed E-state index contributed by atoms with van der Waals surface area (Å²) in [6.07, 6.45) is 6.35. The molecule has 2 aliphatic rings. The average Bonchev–Trinajstić information content (AvgIpc) is 3.33. The number of amides is 2. The van der Waals surface area contributed by atoms with Crippen LogP contribution in [0, 0.1) is 31.1 Å². The standard InChI is InChI=1S/C21H24N4O2/c1-12-18(13(2)25-24-12)23-19(26)15-5-4-6-17(10-15)22-20(27)21(3)11-14-7-8-16(21)9-14/h4-8,10,14,16H,9,11H2,1-3H3,(H,22,27)(H,23,26)(H,24,25). The summed E-state index contributed by atoms with van der Waals surface area (Å²) in [6.45, 7) is 5.73. The molecule has 2 aliphatic carbocycles. The van der Waals surface area contributed by atoms with E-state index in [-0.39, 0.29) is 17.2 Å². The predicted molar refractivity (Wildman–Crippen MR) is 105 cm³/mol. The number of rotatable bonds is 4. The second kappa shape index (κ2) is 6.37. The van der Waals surface area contributed by atoms with Gasteiger partial charge in [-0.2, -0.15) is 5.10 Å². The summed E-state index contributed by atoms with van der Waals surface area (Å²) in [5.41, 5.74) is 3.00.